The molecule has 1 aromatic heterocycles. The van der Waals surface area contributed by atoms with Crippen LogP contribution in [0.3, 0.4) is 0 Å². The predicted octanol–water partition coefficient (Wildman–Crippen LogP) is 1.67. The molecule has 2 fully saturated rings. The molecule has 3 aliphatic rings. The Kier molecular flexibility index (Phi) is 4.01. The second-order valence-corrected chi connectivity index (χ2v) is 8.00. The number of likely N-dealkylation sites (tertiary alicyclic amines) is 1. The normalized spacial score (nSPS) is 25.1. The van der Waals surface area contributed by atoms with Gasteiger partial charge in [-0.15, -0.1) is 5.10 Å². The monoisotopic (exact) mass is 398 g/mol. The molecule has 2 atom stereocenters. The zero-order chi connectivity index (χ0) is 20.2. The van der Waals surface area contributed by atoms with Gasteiger partial charge >= 0.3 is 5.97 Å². The van der Waals surface area contributed by atoms with E-state index in [9.17, 15) is 14.7 Å². The first-order valence-corrected chi connectivity index (χ1v) is 9.84. The third-order valence-corrected chi connectivity index (χ3v) is 6.45. The molecular formula is C20H22N4O5. The van der Waals surface area contributed by atoms with Crippen molar-refractivity contribution in [1.82, 2.24) is 19.9 Å². The molecule has 1 aromatic carbocycles. The second-order valence-electron chi connectivity index (χ2n) is 8.00. The Hall–Kier alpha value is -3.10. The largest absolute Gasteiger partial charge is 0.486 e. The van der Waals surface area contributed by atoms with Crippen LogP contribution >= 0.6 is 0 Å². The minimum Gasteiger partial charge on any atom is -0.486 e. The summed E-state index contributed by atoms with van der Waals surface area (Å²) in [6.07, 6.45) is 2.37. The molecular weight excluding hydrogens is 376 g/mol. The van der Waals surface area contributed by atoms with Crippen LogP contribution in [0.15, 0.2) is 18.2 Å². The van der Waals surface area contributed by atoms with E-state index in [-0.39, 0.29) is 24.1 Å². The van der Waals surface area contributed by atoms with Crippen molar-refractivity contribution in [1.29, 1.82) is 0 Å². The summed E-state index contributed by atoms with van der Waals surface area (Å²) < 4.78 is 12.8. The molecule has 1 aliphatic carbocycles. The Bertz CT molecular complexity index is 1000. The highest BCUT2D eigenvalue weighted by molar-refractivity contribution is 5.94. The molecule has 1 N–H and O–H groups in total. The first kappa shape index (κ1) is 18.0. The van der Waals surface area contributed by atoms with Crippen molar-refractivity contribution in [2.24, 2.45) is 11.3 Å². The van der Waals surface area contributed by atoms with Gasteiger partial charge in [-0.25, -0.2) is 4.68 Å². The molecule has 0 radical (unpaired) electrons. The first-order chi connectivity index (χ1) is 14.0. The van der Waals surface area contributed by atoms with Gasteiger partial charge in [0.05, 0.1) is 16.8 Å². The highest BCUT2D eigenvalue weighted by Gasteiger charge is 2.56. The highest BCUT2D eigenvalue weighted by Crippen LogP contribution is 2.49. The standard InChI is InChI=1S/C20H22N4O5/c1-12-17(18(25)23-10-13-3-2-6-20(13,11-23)19(26)27)21-22-24(12)14-4-5-15-16(9-14)29-8-7-28-15/h4-5,9,13H,2-3,6-8,10-11H2,1H3,(H,26,27)/t13-,20+/m0/s1. The van der Waals surface area contributed by atoms with Gasteiger partial charge in [0.2, 0.25) is 0 Å². The molecule has 2 aromatic rings. The van der Waals surface area contributed by atoms with Crippen LogP contribution in [0.1, 0.15) is 35.4 Å². The number of aromatic nitrogens is 3. The molecule has 1 saturated carbocycles. The fourth-order valence-corrected chi connectivity index (χ4v) is 4.88. The van der Waals surface area contributed by atoms with E-state index in [1.165, 1.54) is 0 Å². The zero-order valence-electron chi connectivity index (χ0n) is 16.1. The van der Waals surface area contributed by atoms with E-state index in [4.69, 9.17) is 9.47 Å². The summed E-state index contributed by atoms with van der Waals surface area (Å²) in [5.41, 5.74) is 0.766. The average Bonchev–Trinajstić information content (AvgIpc) is 3.39. The summed E-state index contributed by atoms with van der Waals surface area (Å²) in [6, 6.07) is 5.46. The van der Waals surface area contributed by atoms with Crippen molar-refractivity contribution in [2.75, 3.05) is 26.3 Å². The molecule has 3 heterocycles. The van der Waals surface area contributed by atoms with Gasteiger partial charge in [-0.2, -0.15) is 0 Å². The lowest BCUT2D eigenvalue weighted by molar-refractivity contribution is -0.149. The number of hydrogen-bond donors (Lipinski definition) is 1. The minimum absolute atomic E-state index is 0.0112. The second kappa shape index (κ2) is 6.47. The van der Waals surface area contributed by atoms with Crippen LogP contribution in [0.2, 0.25) is 0 Å². The summed E-state index contributed by atoms with van der Waals surface area (Å²) in [5.74, 6) is 0.259. The number of aliphatic carboxylic acids is 1. The third kappa shape index (κ3) is 2.67. The fourth-order valence-electron chi connectivity index (χ4n) is 4.88. The Morgan fingerprint density at radius 3 is 2.79 bits per heavy atom. The fraction of sp³-hybridized carbons (Fsp3) is 0.500. The van der Waals surface area contributed by atoms with E-state index >= 15 is 0 Å². The third-order valence-electron chi connectivity index (χ3n) is 6.45. The van der Waals surface area contributed by atoms with Crippen LogP contribution < -0.4 is 9.47 Å². The summed E-state index contributed by atoms with van der Waals surface area (Å²) >= 11 is 0. The van der Waals surface area contributed by atoms with Crippen LogP contribution in [-0.4, -0.2) is 63.2 Å². The van der Waals surface area contributed by atoms with E-state index in [1.807, 2.05) is 18.2 Å². The molecule has 1 amide bonds. The molecule has 0 unspecified atom stereocenters. The number of amides is 1. The maximum Gasteiger partial charge on any atom is 0.311 e. The average molecular weight is 398 g/mol. The SMILES string of the molecule is Cc1c(C(=O)N2C[C@@H]3CCC[C@@]3(C(=O)O)C2)nnn1-c1ccc2c(c1)OCCO2. The Morgan fingerprint density at radius 1 is 1.24 bits per heavy atom. The minimum atomic E-state index is -0.810. The van der Waals surface area contributed by atoms with Crippen molar-refractivity contribution in [3.63, 3.8) is 0 Å². The highest BCUT2D eigenvalue weighted by atomic mass is 16.6. The molecule has 5 rings (SSSR count). The van der Waals surface area contributed by atoms with E-state index in [1.54, 1.807) is 16.5 Å². The van der Waals surface area contributed by atoms with Gasteiger partial charge in [-0.3, -0.25) is 9.59 Å². The molecule has 1 saturated heterocycles. The van der Waals surface area contributed by atoms with Crippen molar-refractivity contribution in [3.05, 3.63) is 29.6 Å². The van der Waals surface area contributed by atoms with Crippen LogP contribution in [0.5, 0.6) is 11.5 Å². The van der Waals surface area contributed by atoms with Gasteiger partial charge in [-0.05, 0) is 37.8 Å². The topological polar surface area (TPSA) is 107 Å². The lowest BCUT2D eigenvalue weighted by Gasteiger charge is -2.23. The van der Waals surface area contributed by atoms with E-state index in [0.717, 1.165) is 18.5 Å². The zero-order valence-corrected chi connectivity index (χ0v) is 16.1. The lowest BCUT2D eigenvalue weighted by Crippen LogP contribution is -2.37. The molecule has 152 valence electrons. The number of nitrogens with zero attached hydrogens (tertiary/aromatic N) is 4. The number of carboxylic acid groups (broad SMARTS) is 1. The quantitative estimate of drug-likeness (QED) is 0.838. The summed E-state index contributed by atoms with van der Waals surface area (Å²) in [7, 11) is 0. The number of carboxylic acids is 1. The molecule has 29 heavy (non-hydrogen) atoms. The predicted molar refractivity (Wildman–Crippen MR) is 100 cm³/mol. The number of rotatable bonds is 3. The smallest absolute Gasteiger partial charge is 0.311 e. The van der Waals surface area contributed by atoms with Crippen LogP contribution in [0.25, 0.3) is 5.69 Å². The lowest BCUT2D eigenvalue weighted by atomic mass is 9.81. The van der Waals surface area contributed by atoms with Crippen molar-refractivity contribution in [2.45, 2.75) is 26.2 Å². The van der Waals surface area contributed by atoms with Gasteiger partial charge in [0.15, 0.2) is 17.2 Å². The number of benzene rings is 1. The Labute approximate surface area is 167 Å². The molecule has 9 nitrogen and oxygen atoms in total. The van der Waals surface area contributed by atoms with Gasteiger partial charge in [-0.1, -0.05) is 11.6 Å². The van der Waals surface area contributed by atoms with Crippen LogP contribution in [-0.2, 0) is 4.79 Å². The molecule has 2 aliphatic heterocycles. The summed E-state index contributed by atoms with van der Waals surface area (Å²) in [5, 5.41) is 18.0. The molecule has 0 spiro atoms. The Balaban J connectivity index is 1.42. The summed E-state index contributed by atoms with van der Waals surface area (Å²) in [4.78, 5) is 26.6. The number of ether oxygens (including phenoxy) is 2. The van der Waals surface area contributed by atoms with Gasteiger partial charge in [0.25, 0.3) is 5.91 Å². The molecule has 9 heteroatoms. The van der Waals surface area contributed by atoms with Gasteiger partial charge in [0.1, 0.15) is 13.2 Å². The van der Waals surface area contributed by atoms with Crippen LogP contribution in [0, 0.1) is 18.3 Å². The van der Waals surface area contributed by atoms with Gasteiger partial charge in [0, 0.05) is 19.2 Å². The van der Waals surface area contributed by atoms with E-state index in [2.05, 4.69) is 10.3 Å². The number of hydrogen-bond acceptors (Lipinski definition) is 6. The van der Waals surface area contributed by atoms with Crippen molar-refractivity contribution >= 4 is 11.9 Å². The van der Waals surface area contributed by atoms with Gasteiger partial charge < -0.3 is 19.5 Å². The number of carbonyl (C=O) groups excluding carboxylic acids is 1. The van der Waals surface area contributed by atoms with E-state index < -0.39 is 11.4 Å². The first-order valence-electron chi connectivity index (χ1n) is 9.84. The number of carbonyl (C=O) groups is 2. The van der Waals surface area contributed by atoms with E-state index in [0.29, 0.717) is 43.4 Å². The van der Waals surface area contributed by atoms with Crippen molar-refractivity contribution in [3.8, 4) is 17.2 Å². The Morgan fingerprint density at radius 2 is 2.03 bits per heavy atom. The maximum absolute atomic E-state index is 13.1. The molecule has 0 bridgehead atoms. The van der Waals surface area contributed by atoms with Crippen molar-refractivity contribution < 1.29 is 24.2 Å². The maximum atomic E-state index is 13.1. The summed E-state index contributed by atoms with van der Waals surface area (Å²) in [6.45, 7) is 3.48. The number of fused-ring (bicyclic) bond motifs is 2. The van der Waals surface area contributed by atoms with Crippen LogP contribution in [0.4, 0.5) is 0 Å².